The summed E-state index contributed by atoms with van der Waals surface area (Å²) in [5.74, 6) is -1.77. The minimum atomic E-state index is -4.70. The third kappa shape index (κ3) is 6.21. The highest BCUT2D eigenvalue weighted by Crippen LogP contribution is 2.18. The van der Waals surface area contributed by atoms with Crippen molar-refractivity contribution in [3.05, 3.63) is 72.3 Å². The zero-order valence-electron chi connectivity index (χ0n) is 11.4. The molecule has 0 spiro atoms. The Bertz CT molecular complexity index is 738. The topological polar surface area (TPSA) is 101 Å². The van der Waals surface area contributed by atoms with Crippen molar-refractivity contribution in [3.8, 4) is 5.75 Å². The number of benzene rings is 2. The van der Waals surface area contributed by atoms with E-state index in [1.807, 2.05) is 36.4 Å². The maximum atomic E-state index is 10.6. The summed E-state index contributed by atoms with van der Waals surface area (Å²) in [4.78, 5) is 10.6. The maximum absolute atomic E-state index is 10.6. The van der Waals surface area contributed by atoms with Crippen LogP contribution in [0, 0.1) is 0 Å². The summed E-state index contributed by atoms with van der Waals surface area (Å²) >= 11 is 0. The quantitative estimate of drug-likeness (QED) is 0.839. The Hall–Kier alpha value is -2.64. The average Bonchev–Trinajstić information content (AvgIpc) is 2.47. The van der Waals surface area contributed by atoms with Gasteiger partial charge in [-0.15, -0.1) is 0 Å². The SMILES string of the molecule is C=Cc1ccccc1.O=C(O)c1ccccc1OS(=O)(=O)O. The first-order valence-electron chi connectivity index (χ1n) is 6.00. The van der Waals surface area contributed by atoms with Crippen LogP contribution in [0.4, 0.5) is 0 Å². The lowest BCUT2D eigenvalue weighted by Crippen LogP contribution is -2.10. The molecule has 2 aromatic rings. The van der Waals surface area contributed by atoms with Gasteiger partial charge in [0.1, 0.15) is 5.56 Å². The van der Waals surface area contributed by atoms with Crippen LogP contribution in [0.1, 0.15) is 15.9 Å². The Kier molecular flexibility index (Phi) is 6.30. The molecule has 7 heteroatoms. The molecule has 2 aromatic carbocycles. The zero-order chi connectivity index (χ0) is 16.6. The number of aromatic carboxylic acids is 1. The van der Waals surface area contributed by atoms with E-state index in [9.17, 15) is 13.2 Å². The number of carbonyl (C=O) groups is 1. The molecule has 0 aliphatic carbocycles. The lowest BCUT2D eigenvalue weighted by atomic mass is 10.2. The minimum absolute atomic E-state index is 0.342. The van der Waals surface area contributed by atoms with Gasteiger partial charge in [0.25, 0.3) is 0 Å². The summed E-state index contributed by atoms with van der Waals surface area (Å²) in [6.07, 6.45) is 1.83. The van der Waals surface area contributed by atoms with Gasteiger partial charge in [0.05, 0.1) is 0 Å². The predicted octanol–water partition coefficient (Wildman–Crippen LogP) is 2.90. The second-order valence-corrected chi connectivity index (χ2v) is 4.95. The molecule has 0 unspecified atom stereocenters. The van der Waals surface area contributed by atoms with Gasteiger partial charge in [0.2, 0.25) is 0 Å². The Morgan fingerprint density at radius 2 is 1.59 bits per heavy atom. The molecule has 0 amide bonds. The van der Waals surface area contributed by atoms with E-state index in [1.165, 1.54) is 17.7 Å². The number of hydrogen-bond donors (Lipinski definition) is 2. The molecule has 0 bridgehead atoms. The molecule has 116 valence electrons. The van der Waals surface area contributed by atoms with E-state index in [1.54, 1.807) is 0 Å². The molecule has 0 atom stereocenters. The lowest BCUT2D eigenvalue weighted by molar-refractivity contribution is 0.0695. The summed E-state index contributed by atoms with van der Waals surface area (Å²) in [5, 5.41) is 8.61. The van der Waals surface area contributed by atoms with Crippen LogP contribution >= 0.6 is 0 Å². The summed E-state index contributed by atoms with van der Waals surface area (Å²) < 4.78 is 33.0. The van der Waals surface area contributed by atoms with E-state index in [4.69, 9.17) is 9.66 Å². The predicted molar refractivity (Wildman–Crippen MR) is 82.1 cm³/mol. The molecule has 0 aromatic heterocycles. The van der Waals surface area contributed by atoms with E-state index in [2.05, 4.69) is 10.8 Å². The fourth-order valence-corrected chi connectivity index (χ4v) is 1.79. The maximum Gasteiger partial charge on any atom is 0.446 e. The molecule has 22 heavy (non-hydrogen) atoms. The highest BCUT2D eigenvalue weighted by atomic mass is 32.3. The highest BCUT2D eigenvalue weighted by molar-refractivity contribution is 7.81. The van der Waals surface area contributed by atoms with Crippen LogP contribution < -0.4 is 4.18 Å². The molecule has 0 radical (unpaired) electrons. The average molecular weight is 322 g/mol. The van der Waals surface area contributed by atoms with Gasteiger partial charge >= 0.3 is 16.4 Å². The molecule has 0 aliphatic rings. The van der Waals surface area contributed by atoms with Gasteiger partial charge in [-0.05, 0) is 17.7 Å². The van der Waals surface area contributed by atoms with Crippen molar-refractivity contribution in [3.63, 3.8) is 0 Å². The number of hydrogen-bond acceptors (Lipinski definition) is 4. The van der Waals surface area contributed by atoms with Crippen LogP contribution in [0.5, 0.6) is 5.75 Å². The summed E-state index contributed by atoms with van der Waals surface area (Å²) in [5.41, 5.74) is 0.831. The second kappa shape index (κ2) is 7.96. The van der Waals surface area contributed by atoms with E-state index in [0.29, 0.717) is 0 Å². The third-order valence-corrected chi connectivity index (χ3v) is 2.74. The number of rotatable bonds is 4. The first-order chi connectivity index (χ1) is 10.3. The van der Waals surface area contributed by atoms with Gasteiger partial charge in [0, 0.05) is 0 Å². The van der Waals surface area contributed by atoms with Gasteiger partial charge in [-0.25, -0.2) is 4.79 Å². The van der Waals surface area contributed by atoms with Crippen molar-refractivity contribution in [1.29, 1.82) is 0 Å². The second-order valence-electron chi connectivity index (χ2n) is 3.93. The van der Waals surface area contributed by atoms with E-state index in [0.717, 1.165) is 12.1 Å². The highest BCUT2D eigenvalue weighted by Gasteiger charge is 2.15. The normalized spacial score (nSPS) is 10.0. The monoisotopic (exact) mass is 322 g/mol. The molecular formula is C15H14O6S. The van der Waals surface area contributed by atoms with Gasteiger partial charge in [0.15, 0.2) is 5.75 Å². The largest absolute Gasteiger partial charge is 0.478 e. The molecule has 0 heterocycles. The zero-order valence-corrected chi connectivity index (χ0v) is 12.2. The minimum Gasteiger partial charge on any atom is -0.478 e. The first-order valence-corrected chi connectivity index (χ1v) is 7.36. The third-order valence-electron chi connectivity index (χ3n) is 2.35. The smallest absolute Gasteiger partial charge is 0.446 e. The van der Waals surface area contributed by atoms with Gasteiger partial charge in [-0.1, -0.05) is 55.1 Å². The summed E-state index contributed by atoms with van der Waals surface area (Å²) in [6, 6.07) is 15.1. The molecule has 0 saturated heterocycles. The Balaban J connectivity index is 0.000000255. The molecule has 0 fully saturated rings. The van der Waals surface area contributed by atoms with Crippen LogP contribution in [-0.2, 0) is 10.4 Å². The van der Waals surface area contributed by atoms with Crippen LogP contribution in [-0.4, -0.2) is 24.0 Å². The lowest BCUT2D eigenvalue weighted by Gasteiger charge is -2.03. The first kappa shape index (κ1) is 17.4. The van der Waals surface area contributed by atoms with E-state index < -0.39 is 22.1 Å². The van der Waals surface area contributed by atoms with Crippen LogP contribution in [0.15, 0.2) is 61.2 Å². The molecule has 2 rings (SSSR count). The molecule has 6 nitrogen and oxygen atoms in total. The summed E-state index contributed by atoms with van der Waals surface area (Å²) in [6.45, 7) is 3.63. The van der Waals surface area contributed by atoms with Gasteiger partial charge in [-0.2, -0.15) is 8.42 Å². The number of carboxylic acid groups (broad SMARTS) is 1. The van der Waals surface area contributed by atoms with Crippen molar-refractivity contribution in [2.24, 2.45) is 0 Å². The van der Waals surface area contributed by atoms with Crippen molar-refractivity contribution in [2.45, 2.75) is 0 Å². The Morgan fingerprint density at radius 3 is 2.05 bits per heavy atom. The van der Waals surface area contributed by atoms with Crippen LogP contribution in [0.25, 0.3) is 6.08 Å². The number of carboxylic acids is 1. The van der Waals surface area contributed by atoms with Crippen LogP contribution in [0.2, 0.25) is 0 Å². The van der Waals surface area contributed by atoms with Gasteiger partial charge in [-0.3, -0.25) is 4.55 Å². The fraction of sp³-hybridized carbons (Fsp3) is 0. The van der Waals surface area contributed by atoms with Crippen molar-refractivity contribution in [1.82, 2.24) is 0 Å². The summed E-state index contributed by atoms with van der Waals surface area (Å²) in [7, 11) is -4.70. The number of para-hydroxylation sites is 1. The van der Waals surface area contributed by atoms with E-state index in [-0.39, 0.29) is 5.56 Å². The van der Waals surface area contributed by atoms with Crippen molar-refractivity contribution < 1.29 is 27.1 Å². The fourth-order valence-electron chi connectivity index (χ4n) is 1.42. The molecule has 2 N–H and O–H groups in total. The molecular weight excluding hydrogens is 308 g/mol. The van der Waals surface area contributed by atoms with Crippen LogP contribution in [0.3, 0.4) is 0 Å². The molecule has 0 saturated carbocycles. The van der Waals surface area contributed by atoms with E-state index >= 15 is 0 Å². The Labute approximate surface area is 128 Å². The standard InChI is InChI=1S/C8H8.C7H6O6S/c1-2-8-6-4-3-5-7-8;8-7(9)5-3-1-2-4-6(5)13-14(10,11)12/h2-7H,1H2;1-4H,(H,8,9)(H,10,11,12). The van der Waals surface area contributed by atoms with Crippen molar-refractivity contribution in [2.75, 3.05) is 0 Å². The Morgan fingerprint density at radius 1 is 1.05 bits per heavy atom. The molecule has 0 aliphatic heterocycles. The van der Waals surface area contributed by atoms with Crippen molar-refractivity contribution >= 4 is 22.4 Å². The van der Waals surface area contributed by atoms with Gasteiger partial charge < -0.3 is 9.29 Å².